The molecule has 3 heterocycles. The standard InChI is InChI=1S/C28H32N7.Ir/c1-26(2)20-11-9-18(15-21(20)27(3,4)28(26,5)6)22-12-10-19(16-30-22)23-31-24(34(7)8)33-25(32-23)35-14-13-29-17-35;/h10-17H,1-8H3;/q-1;. The fourth-order valence-electron chi connectivity index (χ4n) is 4.99. The van der Waals surface area contributed by atoms with Crippen molar-refractivity contribution in [2.45, 2.75) is 52.4 Å². The van der Waals surface area contributed by atoms with Crippen LogP contribution in [0.4, 0.5) is 5.95 Å². The summed E-state index contributed by atoms with van der Waals surface area (Å²) in [5, 5.41) is 0. The molecule has 0 aliphatic heterocycles. The van der Waals surface area contributed by atoms with E-state index in [9.17, 15) is 0 Å². The first-order valence-electron chi connectivity index (χ1n) is 11.9. The number of nitrogens with zero attached hydrogens (tertiary/aromatic N) is 7. The van der Waals surface area contributed by atoms with Crippen molar-refractivity contribution >= 4 is 5.95 Å². The number of hydrogen-bond acceptors (Lipinski definition) is 6. The number of rotatable bonds is 4. The molecular formula is C28H32IrN7-. The first-order valence-corrected chi connectivity index (χ1v) is 11.9. The van der Waals surface area contributed by atoms with Crippen molar-refractivity contribution in [1.29, 1.82) is 0 Å². The van der Waals surface area contributed by atoms with Crippen molar-refractivity contribution in [1.82, 2.24) is 29.5 Å². The van der Waals surface area contributed by atoms with Crippen LogP contribution in [0.25, 0.3) is 28.6 Å². The van der Waals surface area contributed by atoms with Crippen molar-refractivity contribution in [3.05, 3.63) is 66.4 Å². The third-order valence-electron chi connectivity index (χ3n) is 8.47. The van der Waals surface area contributed by atoms with Gasteiger partial charge < -0.3 is 9.88 Å². The Labute approximate surface area is 226 Å². The van der Waals surface area contributed by atoms with Gasteiger partial charge in [-0.3, -0.25) is 4.57 Å². The van der Waals surface area contributed by atoms with Crippen molar-refractivity contribution < 1.29 is 20.1 Å². The average Bonchev–Trinajstić information content (AvgIpc) is 3.41. The maximum atomic E-state index is 4.77. The minimum Gasteiger partial charge on any atom is -0.347 e. The van der Waals surface area contributed by atoms with Gasteiger partial charge in [0.25, 0.3) is 0 Å². The zero-order valence-corrected chi connectivity index (χ0v) is 24.5. The molecule has 0 unspecified atom stereocenters. The van der Waals surface area contributed by atoms with Gasteiger partial charge in [0.05, 0.1) is 0 Å². The molecule has 4 aromatic rings. The van der Waals surface area contributed by atoms with Gasteiger partial charge in [-0.1, -0.05) is 53.7 Å². The number of pyridine rings is 1. The first kappa shape index (κ1) is 26.1. The quantitative estimate of drug-likeness (QED) is 0.279. The Morgan fingerprint density at radius 3 is 2.25 bits per heavy atom. The molecule has 0 spiro atoms. The molecule has 0 N–H and O–H groups in total. The van der Waals surface area contributed by atoms with E-state index in [0.717, 1.165) is 16.8 Å². The second kappa shape index (κ2) is 8.86. The number of hydrogen-bond donors (Lipinski definition) is 0. The molecule has 0 saturated carbocycles. The Morgan fingerprint density at radius 2 is 1.64 bits per heavy atom. The van der Waals surface area contributed by atoms with Gasteiger partial charge >= 0.3 is 0 Å². The molecule has 0 atom stereocenters. The summed E-state index contributed by atoms with van der Waals surface area (Å²) in [5.74, 6) is 1.65. The molecule has 1 radical (unpaired) electrons. The van der Waals surface area contributed by atoms with E-state index in [1.807, 2.05) is 43.5 Å². The Kier molecular flexibility index (Phi) is 6.42. The number of aromatic nitrogens is 6. The van der Waals surface area contributed by atoms with Crippen LogP contribution in [0.5, 0.6) is 0 Å². The first-order chi connectivity index (χ1) is 16.4. The molecule has 0 amide bonds. The molecule has 8 heteroatoms. The molecule has 1 aliphatic carbocycles. The van der Waals surface area contributed by atoms with Gasteiger partial charge in [-0.2, -0.15) is 15.0 Å². The average molecular weight is 659 g/mol. The van der Waals surface area contributed by atoms with Crippen molar-refractivity contribution in [3.8, 4) is 28.6 Å². The fourth-order valence-corrected chi connectivity index (χ4v) is 4.99. The third-order valence-corrected chi connectivity index (χ3v) is 8.47. The monoisotopic (exact) mass is 659 g/mol. The summed E-state index contributed by atoms with van der Waals surface area (Å²) in [5.41, 5.74) is 5.67. The van der Waals surface area contributed by atoms with Gasteiger partial charge in [0.15, 0.2) is 5.82 Å². The zero-order valence-electron chi connectivity index (χ0n) is 22.1. The summed E-state index contributed by atoms with van der Waals surface area (Å²) >= 11 is 0. The van der Waals surface area contributed by atoms with Crippen LogP contribution in [-0.2, 0) is 30.9 Å². The van der Waals surface area contributed by atoms with E-state index in [4.69, 9.17) is 4.98 Å². The maximum absolute atomic E-state index is 4.77. The predicted octanol–water partition coefficient (Wildman–Crippen LogP) is 5.24. The topological polar surface area (TPSA) is 72.6 Å². The third kappa shape index (κ3) is 3.87. The second-order valence-electron chi connectivity index (χ2n) is 11.1. The molecule has 1 aliphatic rings. The molecule has 3 aromatic heterocycles. The van der Waals surface area contributed by atoms with E-state index in [1.165, 1.54) is 11.1 Å². The molecule has 0 bridgehead atoms. The van der Waals surface area contributed by atoms with Crippen molar-refractivity contribution in [2.24, 2.45) is 5.41 Å². The van der Waals surface area contributed by atoms with Gasteiger partial charge in [-0.25, -0.2) is 4.98 Å². The summed E-state index contributed by atoms with van der Waals surface area (Å²) < 4.78 is 1.77. The van der Waals surface area contributed by atoms with E-state index in [1.54, 1.807) is 17.1 Å². The molecule has 189 valence electrons. The van der Waals surface area contributed by atoms with Crippen LogP contribution in [0.2, 0.25) is 0 Å². The number of fused-ring (bicyclic) bond motifs is 1. The molecule has 0 fully saturated rings. The van der Waals surface area contributed by atoms with E-state index in [0.29, 0.717) is 17.7 Å². The Morgan fingerprint density at radius 1 is 0.917 bits per heavy atom. The number of anilines is 1. The van der Waals surface area contributed by atoms with Crippen LogP contribution in [0, 0.1) is 11.5 Å². The number of imidazole rings is 1. The smallest absolute Gasteiger partial charge is 0.240 e. The van der Waals surface area contributed by atoms with E-state index >= 15 is 0 Å². The summed E-state index contributed by atoms with van der Waals surface area (Å²) in [6, 6.07) is 12.0. The van der Waals surface area contributed by atoms with Crippen LogP contribution in [0.15, 0.2) is 49.2 Å². The Bertz CT molecular complexity index is 1390. The van der Waals surface area contributed by atoms with E-state index < -0.39 is 0 Å². The Balaban J connectivity index is 0.00000304. The second-order valence-corrected chi connectivity index (χ2v) is 11.1. The maximum Gasteiger partial charge on any atom is 0.240 e. The van der Waals surface area contributed by atoms with Gasteiger partial charge in [-0.05, 0) is 21.9 Å². The minimum absolute atomic E-state index is 0. The number of benzene rings is 1. The molecule has 0 saturated heterocycles. The Hall–Kier alpha value is -2.96. The van der Waals surface area contributed by atoms with Crippen LogP contribution in [0.1, 0.15) is 52.7 Å². The SMILES string of the molecule is CN(C)c1nc(-c2ccc(-c3[c-]cc4c(c3)C(C)(C)C(C)(C)C4(C)C)nc2)nc(-n2ccnc2)n1.[Ir]. The molecule has 7 nitrogen and oxygen atoms in total. The summed E-state index contributed by atoms with van der Waals surface area (Å²) in [6.45, 7) is 14.1. The zero-order chi connectivity index (χ0) is 25.2. The van der Waals surface area contributed by atoms with E-state index in [-0.39, 0.29) is 36.4 Å². The van der Waals surface area contributed by atoms with Crippen LogP contribution < -0.4 is 4.90 Å². The molecule has 5 rings (SSSR count). The molecule has 1 aromatic carbocycles. The van der Waals surface area contributed by atoms with E-state index in [2.05, 4.69) is 79.7 Å². The van der Waals surface area contributed by atoms with Gasteiger partial charge in [0, 0.05) is 58.4 Å². The van der Waals surface area contributed by atoms with Gasteiger partial charge in [-0.15, -0.1) is 34.9 Å². The van der Waals surface area contributed by atoms with Crippen LogP contribution in [-0.4, -0.2) is 43.6 Å². The van der Waals surface area contributed by atoms with Gasteiger partial charge in [0.1, 0.15) is 6.33 Å². The van der Waals surface area contributed by atoms with Crippen LogP contribution >= 0.6 is 0 Å². The summed E-state index contributed by atoms with van der Waals surface area (Å²) in [6.07, 6.45) is 7.01. The minimum atomic E-state index is 0. The van der Waals surface area contributed by atoms with Gasteiger partial charge in [0.2, 0.25) is 11.9 Å². The van der Waals surface area contributed by atoms with Crippen LogP contribution in [0.3, 0.4) is 0 Å². The summed E-state index contributed by atoms with van der Waals surface area (Å²) in [4.78, 5) is 24.6. The van der Waals surface area contributed by atoms with Crippen molar-refractivity contribution in [2.75, 3.05) is 19.0 Å². The fraction of sp³-hybridized carbons (Fsp3) is 0.393. The predicted molar refractivity (Wildman–Crippen MR) is 139 cm³/mol. The molecular weight excluding hydrogens is 627 g/mol. The normalized spacial score (nSPS) is 16.8. The van der Waals surface area contributed by atoms with Crippen molar-refractivity contribution in [3.63, 3.8) is 0 Å². The molecule has 36 heavy (non-hydrogen) atoms. The largest absolute Gasteiger partial charge is 0.347 e. The summed E-state index contributed by atoms with van der Waals surface area (Å²) in [7, 11) is 3.82.